The van der Waals surface area contributed by atoms with Crippen LogP contribution in [0, 0.1) is 0 Å². The van der Waals surface area contributed by atoms with Gasteiger partial charge in [-0.25, -0.2) is 4.79 Å². The summed E-state index contributed by atoms with van der Waals surface area (Å²) in [5.41, 5.74) is 0.828. The van der Waals surface area contributed by atoms with Gasteiger partial charge in [0.15, 0.2) is 0 Å². The molecular weight excluding hydrogens is 514 g/mol. The average Bonchev–Trinajstić information content (AvgIpc) is 3.48. The second-order valence-electron chi connectivity index (χ2n) is 8.05. The zero-order valence-corrected chi connectivity index (χ0v) is 21.2. The maximum atomic E-state index is 12.9. The first-order valence-corrected chi connectivity index (χ1v) is 12.5. The van der Waals surface area contributed by atoms with Gasteiger partial charge in [0.05, 0.1) is 29.1 Å². The number of rotatable bonds is 7. The van der Waals surface area contributed by atoms with Gasteiger partial charge in [0.1, 0.15) is 23.9 Å². The number of furan rings is 1. The van der Waals surface area contributed by atoms with E-state index in [2.05, 4.69) is 0 Å². The highest BCUT2D eigenvalue weighted by molar-refractivity contribution is 8.18. The molecule has 1 saturated heterocycles. The zero-order chi connectivity index (χ0) is 25.9. The normalized spacial score (nSPS) is 14.5. The number of amides is 2. The summed E-state index contributed by atoms with van der Waals surface area (Å²) in [5, 5.41) is 1.91. The number of esters is 1. The van der Waals surface area contributed by atoms with Crippen molar-refractivity contribution < 1.29 is 28.3 Å². The van der Waals surface area contributed by atoms with Gasteiger partial charge >= 0.3 is 5.97 Å². The minimum atomic E-state index is -0.559. The van der Waals surface area contributed by atoms with Gasteiger partial charge in [-0.05, 0) is 53.5 Å². The van der Waals surface area contributed by atoms with E-state index in [0.717, 1.165) is 27.4 Å². The van der Waals surface area contributed by atoms with Gasteiger partial charge in [0, 0.05) is 17.0 Å². The van der Waals surface area contributed by atoms with Gasteiger partial charge in [-0.15, -0.1) is 0 Å². The molecule has 4 aromatic rings. The molecule has 0 unspecified atom stereocenters. The molecule has 1 fully saturated rings. The van der Waals surface area contributed by atoms with Crippen molar-refractivity contribution in [2.45, 2.75) is 0 Å². The molecule has 0 spiro atoms. The molecule has 7 nitrogen and oxygen atoms in total. The van der Waals surface area contributed by atoms with Gasteiger partial charge in [-0.1, -0.05) is 48.0 Å². The Morgan fingerprint density at radius 2 is 1.86 bits per heavy atom. The summed E-state index contributed by atoms with van der Waals surface area (Å²) in [4.78, 5) is 38.8. The van der Waals surface area contributed by atoms with Gasteiger partial charge in [-0.3, -0.25) is 14.5 Å². The second kappa shape index (κ2) is 10.5. The van der Waals surface area contributed by atoms with Gasteiger partial charge in [-0.2, -0.15) is 0 Å². The zero-order valence-electron chi connectivity index (χ0n) is 19.6. The predicted molar refractivity (Wildman–Crippen MR) is 143 cm³/mol. The Kier molecular flexibility index (Phi) is 7.03. The van der Waals surface area contributed by atoms with Crippen molar-refractivity contribution >= 4 is 57.3 Å². The van der Waals surface area contributed by atoms with Crippen LogP contribution in [0.3, 0.4) is 0 Å². The van der Waals surface area contributed by atoms with Crippen LogP contribution in [0.5, 0.6) is 5.75 Å². The third-order valence-electron chi connectivity index (χ3n) is 5.75. The number of hydrogen-bond donors (Lipinski definition) is 0. The van der Waals surface area contributed by atoms with Gasteiger partial charge in [0.25, 0.3) is 11.1 Å². The van der Waals surface area contributed by atoms with E-state index in [-0.39, 0.29) is 33.9 Å². The van der Waals surface area contributed by atoms with E-state index in [9.17, 15) is 14.4 Å². The van der Waals surface area contributed by atoms with Crippen LogP contribution in [0.1, 0.15) is 16.1 Å². The maximum Gasteiger partial charge on any atom is 0.339 e. The lowest BCUT2D eigenvalue weighted by molar-refractivity contribution is -0.123. The quantitative estimate of drug-likeness (QED) is 0.194. The lowest BCUT2D eigenvalue weighted by atomic mass is 10.1. The fourth-order valence-electron chi connectivity index (χ4n) is 3.92. The molecule has 3 aromatic carbocycles. The lowest BCUT2D eigenvalue weighted by Gasteiger charge is -2.14. The van der Waals surface area contributed by atoms with Crippen LogP contribution >= 0.6 is 23.4 Å². The molecule has 0 N–H and O–H groups in total. The summed E-state index contributed by atoms with van der Waals surface area (Å²) in [7, 11) is 1.28. The van der Waals surface area contributed by atoms with Crippen LogP contribution in [0.2, 0.25) is 5.02 Å². The number of imide groups is 1. The minimum absolute atomic E-state index is 0.121. The smallest absolute Gasteiger partial charge is 0.339 e. The molecule has 0 atom stereocenters. The first kappa shape index (κ1) is 24.7. The highest BCUT2D eigenvalue weighted by Gasteiger charge is 2.35. The number of ether oxygens (including phenoxy) is 2. The van der Waals surface area contributed by atoms with E-state index in [1.165, 1.54) is 13.2 Å². The van der Waals surface area contributed by atoms with Gasteiger partial charge < -0.3 is 13.9 Å². The number of halogens is 1. The molecule has 0 saturated carbocycles. The van der Waals surface area contributed by atoms with E-state index in [4.69, 9.17) is 25.5 Å². The van der Waals surface area contributed by atoms with E-state index in [0.29, 0.717) is 22.8 Å². The number of methoxy groups -OCH3 is 1. The first-order chi connectivity index (χ1) is 17.9. The average molecular weight is 534 g/mol. The molecule has 0 bridgehead atoms. The summed E-state index contributed by atoms with van der Waals surface area (Å²) in [6.45, 7) is 0.291. The minimum Gasteiger partial charge on any atom is -0.491 e. The first-order valence-electron chi connectivity index (χ1n) is 11.3. The van der Waals surface area contributed by atoms with Crippen molar-refractivity contribution in [2.24, 2.45) is 0 Å². The molecule has 37 heavy (non-hydrogen) atoms. The van der Waals surface area contributed by atoms with E-state index >= 15 is 0 Å². The number of hydrogen-bond acceptors (Lipinski definition) is 7. The third kappa shape index (κ3) is 5.12. The predicted octanol–water partition coefficient (Wildman–Crippen LogP) is 6.66. The summed E-state index contributed by atoms with van der Waals surface area (Å²) >= 11 is 6.94. The van der Waals surface area contributed by atoms with Crippen LogP contribution < -0.4 is 4.74 Å². The molecule has 1 aliphatic rings. The lowest BCUT2D eigenvalue weighted by Crippen LogP contribution is -2.32. The molecule has 186 valence electrons. The standard InChI is InChI=1S/C28H20ClNO6S/c1-34-27(32)21-15-18(9-11-22(21)29)23-12-10-19(36-23)16-25-26(31)30(28(33)37-25)13-14-35-24-8-4-6-17-5-2-3-7-20(17)24/h2-12,15-16H,13-14H2,1H3/b25-16-. The number of carbonyl (C=O) groups excluding carboxylic acids is 3. The van der Waals surface area contributed by atoms with Crippen molar-refractivity contribution in [3.05, 3.63) is 94.0 Å². The van der Waals surface area contributed by atoms with Crippen LogP contribution in [0.4, 0.5) is 4.79 Å². The number of carbonyl (C=O) groups is 3. The third-order valence-corrected chi connectivity index (χ3v) is 6.99. The Labute approximate surface area is 221 Å². The molecular formula is C28H20ClNO6S. The molecule has 2 heterocycles. The number of thioether (sulfide) groups is 1. The number of nitrogens with zero attached hydrogens (tertiary/aromatic N) is 1. The Hall–Kier alpha value is -4.01. The molecule has 0 aliphatic carbocycles. The Morgan fingerprint density at radius 3 is 2.70 bits per heavy atom. The van der Waals surface area contributed by atoms with Crippen LogP contribution in [0.15, 0.2) is 82.1 Å². The summed E-state index contributed by atoms with van der Waals surface area (Å²) in [6.07, 6.45) is 1.52. The molecule has 9 heteroatoms. The maximum absolute atomic E-state index is 12.9. The Morgan fingerprint density at radius 1 is 1.05 bits per heavy atom. The highest BCUT2D eigenvalue weighted by atomic mass is 35.5. The number of benzene rings is 3. The monoisotopic (exact) mass is 533 g/mol. The van der Waals surface area contributed by atoms with E-state index in [1.54, 1.807) is 30.3 Å². The summed E-state index contributed by atoms with van der Waals surface area (Å²) in [6, 6.07) is 21.8. The second-order valence-corrected chi connectivity index (χ2v) is 9.45. The molecule has 1 aliphatic heterocycles. The van der Waals surface area contributed by atoms with E-state index < -0.39 is 11.9 Å². The fourth-order valence-corrected chi connectivity index (χ4v) is 4.96. The highest BCUT2D eigenvalue weighted by Crippen LogP contribution is 2.34. The van der Waals surface area contributed by atoms with Crippen LogP contribution in [0.25, 0.3) is 28.2 Å². The molecule has 5 rings (SSSR count). The summed E-state index contributed by atoms with van der Waals surface area (Å²) in [5.74, 6) is 0.588. The molecule has 2 amide bonds. The van der Waals surface area contributed by atoms with Crippen molar-refractivity contribution in [1.29, 1.82) is 0 Å². The topological polar surface area (TPSA) is 86.0 Å². The molecule has 0 radical (unpaired) electrons. The summed E-state index contributed by atoms with van der Waals surface area (Å²) < 4.78 is 16.5. The van der Waals surface area contributed by atoms with Crippen LogP contribution in [-0.2, 0) is 9.53 Å². The van der Waals surface area contributed by atoms with Crippen molar-refractivity contribution in [3.63, 3.8) is 0 Å². The number of fused-ring (bicyclic) bond motifs is 1. The molecule has 1 aromatic heterocycles. The van der Waals surface area contributed by atoms with Crippen molar-refractivity contribution in [1.82, 2.24) is 4.90 Å². The largest absolute Gasteiger partial charge is 0.491 e. The Balaban J connectivity index is 1.27. The van der Waals surface area contributed by atoms with Gasteiger partial charge in [0.2, 0.25) is 0 Å². The Bertz CT molecular complexity index is 1550. The van der Waals surface area contributed by atoms with Crippen molar-refractivity contribution in [2.75, 3.05) is 20.3 Å². The van der Waals surface area contributed by atoms with E-state index in [1.807, 2.05) is 42.5 Å². The van der Waals surface area contributed by atoms with Crippen LogP contribution in [-0.4, -0.2) is 42.3 Å². The SMILES string of the molecule is COC(=O)c1cc(-c2ccc(/C=C3\SC(=O)N(CCOc4cccc5ccccc45)C3=O)o2)ccc1Cl. The van der Waals surface area contributed by atoms with Crippen molar-refractivity contribution in [3.8, 4) is 17.1 Å². The fraction of sp³-hybridized carbons (Fsp3) is 0.107.